The molecule has 5 nitrogen and oxygen atoms in total. The van der Waals surface area contributed by atoms with Crippen molar-refractivity contribution >= 4 is 17.5 Å². The highest BCUT2D eigenvalue weighted by atomic mass is 19.3. The summed E-state index contributed by atoms with van der Waals surface area (Å²) in [6.45, 7) is -0.544. The zero-order valence-corrected chi connectivity index (χ0v) is 8.54. The van der Waals surface area contributed by atoms with E-state index in [4.69, 9.17) is 5.73 Å². The first kappa shape index (κ1) is 12.2. The van der Waals surface area contributed by atoms with Crippen LogP contribution in [-0.4, -0.2) is 31.0 Å². The van der Waals surface area contributed by atoms with Crippen LogP contribution in [0.4, 0.5) is 20.3 Å². The lowest BCUT2D eigenvalue weighted by Crippen LogP contribution is -2.13. The van der Waals surface area contributed by atoms with Crippen molar-refractivity contribution < 1.29 is 18.3 Å². The zero-order valence-electron chi connectivity index (χ0n) is 8.54. The van der Waals surface area contributed by atoms with Gasteiger partial charge in [0.2, 0.25) is 0 Å². The molecule has 1 rings (SSSR count). The number of nitrogen functional groups attached to an aromatic ring is 1. The van der Waals surface area contributed by atoms with E-state index in [1.165, 1.54) is 19.4 Å². The fourth-order valence-corrected chi connectivity index (χ4v) is 1.03. The van der Waals surface area contributed by atoms with Crippen molar-refractivity contribution in [1.82, 2.24) is 4.98 Å². The van der Waals surface area contributed by atoms with Crippen LogP contribution in [0.5, 0.6) is 0 Å². The number of halogens is 2. The van der Waals surface area contributed by atoms with Gasteiger partial charge < -0.3 is 15.8 Å². The number of alkyl halides is 2. The van der Waals surface area contributed by atoms with Crippen LogP contribution in [0.15, 0.2) is 12.3 Å². The van der Waals surface area contributed by atoms with Gasteiger partial charge in [0.1, 0.15) is 5.82 Å². The Labute approximate surface area is 90.6 Å². The molecule has 0 spiro atoms. The van der Waals surface area contributed by atoms with Crippen LogP contribution < -0.4 is 11.1 Å². The average Bonchev–Trinajstić information content (AvgIpc) is 2.27. The van der Waals surface area contributed by atoms with E-state index in [1.807, 2.05) is 0 Å². The summed E-state index contributed by atoms with van der Waals surface area (Å²) < 4.78 is 28.3. The predicted molar refractivity (Wildman–Crippen MR) is 54.5 cm³/mol. The van der Waals surface area contributed by atoms with E-state index in [2.05, 4.69) is 15.0 Å². The molecule has 0 aliphatic carbocycles. The molecule has 0 amide bonds. The summed E-state index contributed by atoms with van der Waals surface area (Å²) in [5.74, 6) is -0.491. The van der Waals surface area contributed by atoms with Gasteiger partial charge >= 0.3 is 5.97 Å². The number of nitrogens with two attached hydrogens (primary N) is 1. The van der Waals surface area contributed by atoms with Gasteiger partial charge in [-0.1, -0.05) is 0 Å². The van der Waals surface area contributed by atoms with E-state index in [0.29, 0.717) is 0 Å². The lowest BCUT2D eigenvalue weighted by Gasteiger charge is -2.07. The molecule has 0 fully saturated rings. The molecule has 3 N–H and O–H groups in total. The normalized spacial score (nSPS) is 10.2. The van der Waals surface area contributed by atoms with Crippen LogP contribution in [0.2, 0.25) is 0 Å². The SMILES string of the molecule is COC(=O)c1cc(NCC(F)F)ncc1N. The topological polar surface area (TPSA) is 77.2 Å². The third kappa shape index (κ3) is 3.04. The van der Waals surface area contributed by atoms with Gasteiger partial charge in [-0.3, -0.25) is 0 Å². The van der Waals surface area contributed by atoms with E-state index >= 15 is 0 Å². The van der Waals surface area contributed by atoms with Crippen molar-refractivity contribution in [1.29, 1.82) is 0 Å². The summed E-state index contributed by atoms with van der Waals surface area (Å²) in [4.78, 5) is 15.0. The molecule has 0 atom stereocenters. The number of carbonyl (C=O) groups excluding carboxylic acids is 1. The standard InChI is InChI=1S/C9H11F2N3O2/c1-16-9(15)5-2-8(13-3-6(5)12)14-4-7(10)11/h2-3,7H,4,12H2,1H3,(H,13,14). The molecule has 0 saturated heterocycles. The highest BCUT2D eigenvalue weighted by Crippen LogP contribution is 2.15. The first-order valence-electron chi connectivity index (χ1n) is 4.40. The number of rotatable bonds is 4. The maximum Gasteiger partial charge on any atom is 0.340 e. The van der Waals surface area contributed by atoms with Crippen molar-refractivity contribution in [3.8, 4) is 0 Å². The molecule has 0 bridgehead atoms. The van der Waals surface area contributed by atoms with E-state index in [1.54, 1.807) is 0 Å². The highest BCUT2D eigenvalue weighted by Gasteiger charge is 2.12. The van der Waals surface area contributed by atoms with Crippen LogP contribution in [0.1, 0.15) is 10.4 Å². The summed E-state index contributed by atoms with van der Waals surface area (Å²) in [6.07, 6.45) is -1.29. The quantitative estimate of drug-likeness (QED) is 0.759. The van der Waals surface area contributed by atoms with Crippen molar-refractivity contribution in [2.75, 3.05) is 24.7 Å². The maximum atomic E-state index is 11.9. The van der Waals surface area contributed by atoms with Crippen molar-refractivity contribution in [2.24, 2.45) is 0 Å². The Morgan fingerprint density at radius 3 is 2.94 bits per heavy atom. The molecule has 1 heterocycles. The largest absolute Gasteiger partial charge is 0.465 e. The van der Waals surface area contributed by atoms with Gasteiger partial charge in [0.05, 0.1) is 31.1 Å². The monoisotopic (exact) mass is 231 g/mol. The number of anilines is 2. The van der Waals surface area contributed by atoms with Crippen LogP contribution in [0.3, 0.4) is 0 Å². The summed E-state index contributed by atoms with van der Waals surface area (Å²) >= 11 is 0. The third-order valence-corrected chi connectivity index (χ3v) is 1.78. The molecule has 0 radical (unpaired) electrons. The van der Waals surface area contributed by atoms with Gasteiger partial charge in [-0.25, -0.2) is 18.6 Å². The number of methoxy groups -OCH3 is 1. The molecule has 1 aromatic rings. The molecular weight excluding hydrogens is 220 g/mol. The lowest BCUT2D eigenvalue weighted by molar-refractivity contribution is 0.0602. The minimum Gasteiger partial charge on any atom is -0.465 e. The fourth-order valence-electron chi connectivity index (χ4n) is 1.03. The summed E-state index contributed by atoms with van der Waals surface area (Å²) in [5, 5.41) is 2.37. The lowest BCUT2D eigenvalue weighted by atomic mass is 10.2. The van der Waals surface area contributed by atoms with E-state index < -0.39 is 18.9 Å². The summed E-state index contributed by atoms with van der Waals surface area (Å²) in [5.41, 5.74) is 5.71. The van der Waals surface area contributed by atoms with Crippen LogP contribution in [0, 0.1) is 0 Å². The number of esters is 1. The van der Waals surface area contributed by atoms with Gasteiger partial charge in [-0.05, 0) is 6.07 Å². The number of hydrogen-bond donors (Lipinski definition) is 2. The minimum absolute atomic E-state index is 0.0919. The molecule has 0 saturated carbocycles. The molecule has 1 aromatic heterocycles. The number of hydrogen-bond acceptors (Lipinski definition) is 5. The van der Waals surface area contributed by atoms with Gasteiger partial charge in [0, 0.05) is 0 Å². The highest BCUT2D eigenvalue weighted by molar-refractivity contribution is 5.95. The van der Waals surface area contributed by atoms with Crippen LogP contribution in [0.25, 0.3) is 0 Å². The van der Waals surface area contributed by atoms with E-state index in [-0.39, 0.29) is 17.1 Å². The first-order valence-corrected chi connectivity index (χ1v) is 4.40. The molecule has 16 heavy (non-hydrogen) atoms. The predicted octanol–water partition coefficient (Wildman–Crippen LogP) is 1.13. The molecule has 0 unspecified atom stereocenters. The second-order valence-electron chi connectivity index (χ2n) is 2.92. The Morgan fingerprint density at radius 2 is 2.38 bits per heavy atom. The minimum atomic E-state index is -2.50. The Balaban J connectivity index is 2.85. The first-order chi connectivity index (χ1) is 7.54. The second-order valence-corrected chi connectivity index (χ2v) is 2.92. The van der Waals surface area contributed by atoms with Crippen molar-refractivity contribution in [3.63, 3.8) is 0 Å². The number of ether oxygens (including phenoxy) is 1. The maximum absolute atomic E-state index is 11.9. The molecule has 7 heteroatoms. The Hall–Kier alpha value is -1.92. The van der Waals surface area contributed by atoms with Crippen molar-refractivity contribution in [3.05, 3.63) is 17.8 Å². The summed E-state index contributed by atoms with van der Waals surface area (Å²) in [7, 11) is 1.20. The average molecular weight is 231 g/mol. The Morgan fingerprint density at radius 1 is 1.69 bits per heavy atom. The van der Waals surface area contributed by atoms with Gasteiger partial charge in [0.15, 0.2) is 0 Å². The molecular formula is C9H11F2N3O2. The van der Waals surface area contributed by atoms with Gasteiger partial charge in [-0.2, -0.15) is 0 Å². The number of nitrogens with one attached hydrogen (secondary N) is 1. The third-order valence-electron chi connectivity index (χ3n) is 1.78. The number of pyridine rings is 1. The van der Waals surface area contributed by atoms with E-state index in [0.717, 1.165) is 0 Å². The number of nitrogens with zero attached hydrogens (tertiary/aromatic N) is 1. The fraction of sp³-hybridized carbons (Fsp3) is 0.333. The van der Waals surface area contributed by atoms with Crippen molar-refractivity contribution in [2.45, 2.75) is 6.43 Å². The molecule has 88 valence electrons. The number of aromatic nitrogens is 1. The zero-order chi connectivity index (χ0) is 12.1. The van der Waals surface area contributed by atoms with Crippen LogP contribution in [-0.2, 0) is 4.74 Å². The Bertz CT molecular complexity index is 385. The molecule has 0 aliphatic heterocycles. The summed E-state index contributed by atoms with van der Waals surface area (Å²) in [6, 6.07) is 1.27. The van der Waals surface area contributed by atoms with E-state index in [9.17, 15) is 13.6 Å². The van der Waals surface area contributed by atoms with Crippen LogP contribution >= 0.6 is 0 Å². The van der Waals surface area contributed by atoms with Gasteiger partial charge in [0.25, 0.3) is 6.43 Å². The number of carbonyl (C=O) groups is 1. The molecule has 0 aliphatic rings. The van der Waals surface area contributed by atoms with Gasteiger partial charge in [-0.15, -0.1) is 0 Å². The Kier molecular flexibility index (Phi) is 3.98. The second kappa shape index (κ2) is 5.24. The molecule has 0 aromatic carbocycles. The smallest absolute Gasteiger partial charge is 0.340 e.